The number of nitrogens with zero attached hydrogens (tertiary/aromatic N) is 1. The van der Waals surface area contributed by atoms with Gasteiger partial charge in [-0.1, -0.05) is 12.1 Å². The fraction of sp³-hybridized carbons (Fsp3) is 0.429. The highest BCUT2D eigenvalue weighted by Crippen LogP contribution is 2.27. The van der Waals surface area contributed by atoms with Crippen molar-refractivity contribution in [3.8, 4) is 0 Å². The molecule has 1 aliphatic rings. The van der Waals surface area contributed by atoms with Crippen LogP contribution in [0.25, 0.3) is 0 Å². The fourth-order valence-corrected chi connectivity index (χ4v) is 2.90. The van der Waals surface area contributed by atoms with Gasteiger partial charge in [-0.2, -0.15) is 0 Å². The number of carbonyl (C=O) groups is 2. The van der Waals surface area contributed by atoms with Crippen LogP contribution >= 0.6 is 11.8 Å². The molecule has 2 rings (SSSR count). The number of carbonyl (C=O) groups excluding carboxylic acids is 1. The Labute approximate surface area is 126 Å². The molecule has 7 heteroatoms. The van der Waals surface area contributed by atoms with Gasteiger partial charge in [0.15, 0.2) is 0 Å². The van der Waals surface area contributed by atoms with Crippen molar-refractivity contribution < 1.29 is 23.8 Å². The predicted molar refractivity (Wildman–Crippen MR) is 75.7 cm³/mol. The van der Waals surface area contributed by atoms with Crippen molar-refractivity contribution in [2.75, 3.05) is 25.4 Å². The monoisotopic (exact) mass is 313 g/mol. The largest absolute Gasteiger partial charge is 0.480 e. The molecule has 0 atom stereocenters. The standard InChI is InChI=1S/C14H16FNO4S/c1-14(20-6-13(18)19)8-16(9-14)12(17)7-21-11-5-3-2-4-10(11)15/h2-5H,6-9H2,1H3,(H,18,19). The van der Waals surface area contributed by atoms with Crippen LogP contribution in [-0.4, -0.2) is 52.9 Å². The van der Waals surface area contributed by atoms with E-state index in [-0.39, 0.29) is 24.1 Å². The molecule has 0 saturated carbocycles. The predicted octanol–water partition coefficient (Wildman–Crippen LogP) is 1.62. The zero-order valence-electron chi connectivity index (χ0n) is 11.5. The molecule has 21 heavy (non-hydrogen) atoms. The molecule has 0 aromatic heterocycles. The fourth-order valence-electron chi connectivity index (χ4n) is 2.06. The average Bonchev–Trinajstić information content (AvgIpc) is 2.41. The first-order valence-electron chi connectivity index (χ1n) is 6.40. The summed E-state index contributed by atoms with van der Waals surface area (Å²) in [5, 5.41) is 8.56. The minimum absolute atomic E-state index is 0.111. The van der Waals surface area contributed by atoms with E-state index in [0.29, 0.717) is 18.0 Å². The van der Waals surface area contributed by atoms with E-state index in [0.717, 1.165) is 11.8 Å². The number of amides is 1. The van der Waals surface area contributed by atoms with Gasteiger partial charge in [-0.05, 0) is 19.1 Å². The maximum Gasteiger partial charge on any atom is 0.329 e. The zero-order chi connectivity index (χ0) is 15.5. The van der Waals surface area contributed by atoms with Crippen molar-refractivity contribution >= 4 is 23.6 Å². The van der Waals surface area contributed by atoms with E-state index in [1.165, 1.54) is 6.07 Å². The molecule has 0 aliphatic carbocycles. The van der Waals surface area contributed by atoms with Crippen LogP contribution in [0.2, 0.25) is 0 Å². The topological polar surface area (TPSA) is 66.8 Å². The van der Waals surface area contributed by atoms with Crippen molar-refractivity contribution in [2.45, 2.75) is 17.4 Å². The van der Waals surface area contributed by atoms with Crippen LogP contribution in [-0.2, 0) is 14.3 Å². The highest BCUT2D eigenvalue weighted by atomic mass is 32.2. The van der Waals surface area contributed by atoms with E-state index in [2.05, 4.69) is 0 Å². The number of hydrogen-bond acceptors (Lipinski definition) is 4. The number of hydrogen-bond donors (Lipinski definition) is 1. The number of benzene rings is 1. The van der Waals surface area contributed by atoms with Crippen LogP contribution in [0.3, 0.4) is 0 Å². The molecular weight excluding hydrogens is 297 g/mol. The third kappa shape index (κ3) is 4.18. The molecule has 0 unspecified atom stereocenters. The van der Waals surface area contributed by atoms with Gasteiger partial charge in [0.05, 0.1) is 18.8 Å². The number of ether oxygens (including phenoxy) is 1. The Morgan fingerprint density at radius 3 is 2.71 bits per heavy atom. The lowest BCUT2D eigenvalue weighted by Gasteiger charge is -2.47. The lowest BCUT2D eigenvalue weighted by molar-refractivity contribution is -0.171. The van der Waals surface area contributed by atoms with Gasteiger partial charge in [0, 0.05) is 4.90 Å². The van der Waals surface area contributed by atoms with Crippen molar-refractivity contribution in [3.63, 3.8) is 0 Å². The summed E-state index contributed by atoms with van der Waals surface area (Å²) in [6, 6.07) is 6.30. The van der Waals surface area contributed by atoms with E-state index < -0.39 is 11.6 Å². The van der Waals surface area contributed by atoms with Gasteiger partial charge in [-0.15, -0.1) is 11.8 Å². The second kappa shape index (κ2) is 6.44. The van der Waals surface area contributed by atoms with Crippen LogP contribution < -0.4 is 0 Å². The molecule has 1 aromatic rings. The first kappa shape index (κ1) is 15.8. The number of carboxylic acid groups (broad SMARTS) is 1. The molecule has 1 amide bonds. The molecule has 1 aliphatic heterocycles. The first-order chi connectivity index (χ1) is 9.89. The van der Waals surface area contributed by atoms with E-state index in [1.807, 2.05) is 0 Å². The van der Waals surface area contributed by atoms with Crippen LogP contribution in [0.4, 0.5) is 4.39 Å². The zero-order valence-corrected chi connectivity index (χ0v) is 12.4. The SMILES string of the molecule is CC1(OCC(=O)O)CN(C(=O)CSc2ccccc2F)C1. The van der Waals surface area contributed by atoms with Gasteiger partial charge in [-0.25, -0.2) is 9.18 Å². The molecule has 0 radical (unpaired) electrons. The van der Waals surface area contributed by atoms with E-state index >= 15 is 0 Å². The van der Waals surface area contributed by atoms with Crippen molar-refractivity contribution in [2.24, 2.45) is 0 Å². The molecule has 1 aromatic carbocycles. The maximum absolute atomic E-state index is 13.4. The minimum atomic E-state index is -1.03. The van der Waals surface area contributed by atoms with E-state index in [9.17, 15) is 14.0 Å². The Bertz CT molecular complexity index is 546. The highest BCUT2D eigenvalue weighted by Gasteiger charge is 2.42. The van der Waals surface area contributed by atoms with E-state index in [1.54, 1.807) is 30.0 Å². The first-order valence-corrected chi connectivity index (χ1v) is 7.39. The highest BCUT2D eigenvalue weighted by molar-refractivity contribution is 8.00. The Balaban J connectivity index is 1.76. The Hall–Kier alpha value is -1.60. The summed E-state index contributed by atoms with van der Waals surface area (Å²) in [7, 11) is 0. The smallest absolute Gasteiger partial charge is 0.329 e. The number of halogens is 1. The van der Waals surface area contributed by atoms with Gasteiger partial charge in [-0.3, -0.25) is 4.79 Å². The molecule has 1 saturated heterocycles. The summed E-state index contributed by atoms with van der Waals surface area (Å²) in [6.45, 7) is 2.11. The van der Waals surface area contributed by atoms with Crippen LogP contribution in [0, 0.1) is 5.82 Å². The second-order valence-corrected chi connectivity index (χ2v) is 6.12. The lowest BCUT2D eigenvalue weighted by Crippen LogP contribution is -2.63. The molecule has 1 N–H and O–H groups in total. The normalized spacial score (nSPS) is 16.4. The summed E-state index contributed by atoms with van der Waals surface area (Å²) in [5.41, 5.74) is -0.600. The van der Waals surface area contributed by atoms with Gasteiger partial charge in [0.2, 0.25) is 5.91 Å². The number of rotatable bonds is 6. The number of thioether (sulfide) groups is 1. The molecule has 5 nitrogen and oxygen atoms in total. The Morgan fingerprint density at radius 1 is 1.43 bits per heavy atom. The third-order valence-corrected chi connectivity index (χ3v) is 4.17. The summed E-state index contributed by atoms with van der Waals surface area (Å²) >= 11 is 1.15. The number of likely N-dealkylation sites (tertiary alicyclic amines) is 1. The lowest BCUT2D eigenvalue weighted by atomic mass is 9.96. The quantitative estimate of drug-likeness (QED) is 0.808. The Kier molecular flexibility index (Phi) is 4.84. The van der Waals surface area contributed by atoms with Crippen molar-refractivity contribution in [3.05, 3.63) is 30.1 Å². The van der Waals surface area contributed by atoms with Gasteiger partial charge < -0.3 is 14.7 Å². The molecule has 114 valence electrons. The number of carboxylic acids is 1. The average molecular weight is 313 g/mol. The van der Waals surface area contributed by atoms with Gasteiger partial charge >= 0.3 is 5.97 Å². The minimum Gasteiger partial charge on any atom is -0.480 e. The molecule has 1 heterocycles. The molecule has 1 fully saturated rings. The van der Waals surface area contributed by atoms with Crippen LogP contribution in [0.5, 0.6) is 0 Å². The Morgan fingerprint density at radius 2 is 2.10 bits per heavy atom. The van der Waals surface area contributed by atoms with Crippen LogP contribution in [0.1, 0.15) is 6.92 Å². The maximum atomic E-state index is 13.4. The number of aliphatic carboxylic acids is 1. The van der Waals surface area contributed by atoms with Gasteiger partial charge in [0.1, 0.15) is 18.0 Å². The third-order valence-electron chi connectivity index (χ3n) is 3.14. The summed E-state index contributed by atoms with van der Waals surface area (Å²) < 4.78 is 18.6. The van der Waals surface area contributed by atoms with E-state index in [4.69, 9.17) is 9.84 Å². The summed E-state index contributed by atoms with van der Waals surface area (Å²) in [6.07, 6.45) is 0. The molecule has 0 spiro atoms. The van der Waals surface area contributed by atoms with Crippen LogP contribution in [0.15, 0.2) is 29.2 Å². The van der Waals surface area contributed by atoms with Crippen molar-refractivity contribution in [1.82, 2.24) is 4.90 Å². The van der Waals surface area contributed by atoms with Gasteiger partial charge in [0.25, 0.3) is 0 Å². The molecule has 0 bridgehead atoms. The second-order valence-electron chi connectivity index (χ2n) is 5.10. The van der Waals surface area contributed by atoms with Crippen molar-refractivity contribution in [1.29, 1.82) is 0 Å². The molecular formula is C14H16FNO4S. The summed E-state index contributed by atoms with van der Waals surface area (Å²) in [5.74, 6) is -1.33. The summed E-state index contributed by atoms with van der Waals surface area (Å²) in [4.78, 5) is 24.4.